The van der Waals surface area contributed by atoms with Gasteiger partial charge in [-0.15, -0.1) is 0 Å². The second-order valence-corrected chi connectivity index (χ2v) is 5.39. The van der Waals surface area contributed by atoms with Crippen molar-refractivity contribution in [3.05, 3.63) is 11.7 Å². The van der Waals surface area contributed by atoms with Crippen LogP contribution in [0.2, 0.25) is 0 Å². The predicted octanol–water partition coefficient (Wildman–Crippen LogP) is 1.07. The second-order valence-electron chi connectivity index (χ2n) is 4.40. The summed E-state index contributed by atoms with van der Waals surface area (Å²) in [5.41, 5.74) is 6.08. The number of nitrogens with zero attached hydrogens (tertiary/aromatic N) is 3. The highest BCUT2D eigenvalue weighted by atomic mass is 32.2. The van der Waals surface area contributed by atoms with Crippen LogP contribution in [0, 0.1) is 0 Å². The lowest BCUT2D eigenvalue weighted by molar-refractivity contribution is 0.305. The Morgan fingerprint density at radius 2 is 2.24 bits per heavy atom. The number of thioether (sulfide) groups is 1. The maximum absolute atomic E-state index is 6.08. The van der Waals surface area contributed by atoms with Gasteiger partial charge in [0.25, 0.3) is 0 Å². The minimum Gasteiger partial charge on any atom is -0.339 e. The maximum atomic E-state index is 6.08. The minimum absolute atomic E-state index is 0.125. The standard InChI is InChI=1S/C11H20N4OS/c1-17-7-4-10-13-11(14-16-10)9(12)8-15-5-2-3-6-15/h9H,2-8,12H2,1H3. The van der Waals surface area contributed by atoms with Crippen LogP contribution in [-0.4, -0.2) is 46.7 Å². The van der Waals surface area contributed by atoms with Gasteiger partial charge in [-0.05, 0) is 32.2 Å². The zero-order valence-electron chi connectivity index (χ0n) is 10.3. The highest BCUT2D eigenvalue weighted by Gasteiger charge is 2.19. The van der Waals surface area contributed by atoms with Crippen LogP contribution < -0.4 is 5.73 Å². The molecule has 17 heavy (non-hydrogen) atoms. The number of aryl methyl sites for hydroxylation is 1. The molecule has 1 fully saturated rings. The molecule has 1 saturated heterocycles. The van der Waals surface area contributed by atoms with E-state index in [1.54, 1.807) is 11.8 Å². The number of nitrogens with two attached hydrogens (primary N) is 1. The molecule has 1 aromatic heterocycles. The SMILES string of the molecule is CSCCc1nc(C(N)CN2CCCC2)no1. The molecule has 0 spiro atoms. The zero-order valence-corrected chi connectivity index (χ0v) is 11.1. The average Bonchev–Trinajstić information content (AvgIpc) is 2.96. The van der Waals surface area contributed by atoms with E-state index in [4.69, 9.17) is 10.3 Å². The first-order valence-corrected chi connectivity index (χ1v) is 7.48. The molecule has 0 bridgehead atoms. The Hall–Kier alpha value is -0.590. The fourth-order valence-electron chi connectivity index (χ4n) is 2.03. The highest BCUT2D eigenvalue weighted by Crippen LogP contribution is 2.14. The van der Waals surface area contributed by atoms with E-state index in [9.17, 15) is 0 Å². The zero-order chi connectivity index (χ0) is 12.1. The van der Waals surface area contributed by atoms with Crippen LogP contribution >= 0.6 is 11.8 Å². The average molecular weight is 256 g/mol. The third kappa shape index (κ3) is 3.69. The molecule has 1 unspecified atom stereocenters. The van der Waals surface area contributed by atoms with Gasteiger partial charge in [0.15, 0.2) is 5.82 Å². The Bertz CT molecular complexity index is 338. The quantitative estimate of drug-likeness (QED) is 0.821. The van der Waals surface area contributed by atoms with Gasteiger partial charge in [-0.1, -0.05) is 5.16 Å². The van der Waals surface area contributed by atoms with E-state index in [-0.39, 0.29) is 6.04 Å². The van der Waals surface area contributed by atoms with Crippen molar-refractivity contribution >= 4 is 11.8 Å². The molecule has 2 heterocycles. The van der Waals surface area contributed by atoms with Crippen molar-refractivity contribution in [3.63, 3.8) is 0 Å². The molecule has 5 nitrogen and oxygen atoms in total. The molecular formula is C11H20N4OS. The number of aromatic nitrogens is 2. The molecule has 1 atom stereocenters. The van der Waals surface area contributed by atoms with E-state index >= 15 is 0 Å². The number of hydrogen-bond donors (Lipinski definition) is 1. The summed E-state index contributed by atoms with van der Waals surface area (Å²) < 4.78 is 5.18. The molecule has 0 aromatic carbocycles. The van der Waals surface area contributed by atoms with Crippen LogP contribution in [0.3, 0.4) is 0 Å². The maximum Gasteiger partial charge on any atom is 0.227 e. The Kier molecular flexibility index (Phi) is 4.82. The molecule has 0 amide bonds. The molecule has 0 aliphatic carbocycles. The summed E-state index contributed by atoms with van der Waals surface area (Å²) in [4.78, 5) is 6.71. The van der Waals surface area contributed by atoms with Gasteiger partial charge >= 0.3 is 0 Å². The van der Waals surface area contributed by atoms with Gasteiger partial charge in [-0.3, -0.25) is 0 Å². The topological polar surface area (TPSA) is 68.2 Å². The second kappa shape index (κ2) is 6.37. The van der Waals surface area contributed by atoms with Gasteiger partial charge in [0.1, 0.15) is 0 Å². The van der Waals surface area contributed by atoms with Gasteiger partial charge in [-0.25, -0.2) is 0 Å². The number of hydrogen-bond acceptors (Lipinski definition) is 6. The van der Waals surface area contributed by atoms with Crippen molar-refractivity contribution < 1.29 is 4.52 Å². The van der Waals surface area contributed by atoms with Crippen molar-refractivity contribution in [1.82, 2.24) is 15.0 Å². The number of rotatable bonds is 6. The fourth-order valence-corrected chi connectivity index (χ4v) is 2.41. The first-order chi connectivity index (χ1) is 8.29. The monoisotopic (exact) mass is 256 g/mol. The Balaban J connectivity index is 1.85. The molecule has 6 heteroatoms. The Morgan fingerprint density at radius 1 is 1.47 bits per heavy atom. The predicted molar refractivity (Wildman–Crippen MR) is 69.0 cm³/mol. The third-order valence-electron chi connectivity index (χ3n) is 2.99. The van der Waals surface area contributed by atoms with E-state index in [0.29, 0.717) is 11.7 Å². The van der Waals surface area contributed by atoms with Gasteiger partial charge in [0.2, 0.25) is 5.89 Å². The van der Waals surface area contributed by atoms with E-state index in [0.717, 1.165) is 31.8 Å². The highest BCUT2D eigenvalue weighted by molar-refractivity contribution is 7.98. The molecule has 1 aliphatic heterocycles. The van der Waals surface area contributed by atoms with Crippen molar-refractivity contribution in [2.75, 3.05) is 31.6 Å². The summed E-state index contributed by atoms with van der Waals surface area (Å²) in [6, 6.07) is -0.125. The van der Waals surface area contributed by atoms with Crippen LogP contribution in [0.25, 0.3) is 0 Å². The van der Waals surface area contributed by atoms with Crippen LogP contribution in [0.1, 0.15) is 30.6 Å². The van der Waals surface area contributed by atoms with Gasteiger partial charge in [-0.2, -0.15) is 16.7 Å². The Morgan fingerprint density at radius 3 is 2.94 bits per heavy atom. The smallest absolute Gasteiger partial charge is 0.227 e. The Labute approximate surface area is 106 Å². The molecular weight excluding hydrogens is 236 g/mol. The van der Waals surface area contributed by atoms with Gasteiger partial charge in [0, 0.05) is 18.7 Å². The normalized spacial score (nSPS) is 18.7. The molecule has 96 valence electrons. The van der Waals surface area contributed by atoms with E-state index in [1.165, 1.54) is 12.8 Å². The van der Waals surface area contributed by atoms with Crippen LogP contribution in [0.4, 0.5) is 0 Å². The van der Waals surface area contributed by atoms with E-state index < -0.39 is 0 Å². The third-order valence-corrected chi connectivity index (χ3v) is 3.60. The molecule has 0 saturated carbocycles. The lowest BCUT2D eigenvalue weighted by atomic mass is 10.3. The first-order valence-electron chi connectivity index (χ1n) is 6.09. The van der Waals surface area contributed by atoms with Crippen LogP contribution in [0.5, 0.6) is 0 Å². The van der Waals surface area contributed by atoms with Crippen LogP contribution in [-0.2, 0) is 6.42 Å². The van der Waals surface area contributed by atoms with Crippen molar-refractivity contribution in [2.24, 2.45) is 5.73 Å². The van der Waals surface area contributed by atoms with Crippen molar-refractivity contribution in [3.8, 4) is 0 Å². The molecule has 0 radical (unpaired) electrons. The summed E-state index contributed by atoms with van der Waals surface area (Å²) in [6.45, 7) is 3.12. The van der Waals surface area contributed by atoms with Crippen LogP contribution in [0.15, 0.2) is 4.52 Å². The lowest BCUT2D eigenvalue weighted by Crippen LogP contribution is -2.30. The van der Waals surface area contributed by atoms with Crippen molar-refractivity contribution in [2.45, 2.75) is 25.3 Å². The van der Waals surface area contributed by atoms with Gasteiger partial charge < -0.3 is 15.2 Å². The lowest BCUT2D eigenvalue weighted by Gasteiger charge is -2.17. The summed E-state index contributed by atoms with van der Waals surface area (Å²) in [6.07, 6.45) is 5.44. The molecule has 1 aromatic rings. The largest absolute Gasteiger partial charge is 0.339 e. The first kappa shape index (κ1) is 12.9. The summed E-state index contributed by atoms with van der Waals surface area (Å²) in [7, 11) is 0. The van der Waals surface area contributed by atoms with Gasteiger partial charge in [0.05, 0.1) is 6.04 Å². The molecule has 2 N–H and O–H groups in total. The minimum atomic E-state index is -0.125. The van der Waals surface area contributed by atoms with E-state index in [2.05, 4.69) is 21.3 Å². The fraction of sp³-hybridized carbons (Fsp3) is 0.818. The summed E-state index contributed by atoms with van der Waals surface area (Å²) >= 11 is 1.77. The molecule has 2 rings (SSSR count). The number of likely N-dealkylation sites (tertiary alicyclic amines) is 1. The summed E-state index contributed by atoms with van der Waals surface area (Å²) in [5, 5.41) is 3.96. The van der Waals surface area contributed by atoms with Crippen molar-refractivity contribution in [1.29, 1.82) is 0 Å². The van der Waals surface area contributed by atoms with E-state index in [1.807, 2.05) is 0 Å². The molecule has 1 aliphatic rings. The summed E-state index contributed by atoms with van der Waals surface area (Å²) in [5.74, 6) is 2.35.